The lowest BCUT2D eigenvalue weighted by molar-refractivity contribution is -0.119. The molecule has 0 spiro atoms. The van der Waals surface area contributed by atoms with E-state index in [9.17, 15) is 13.6 Å². The summed E-state index contributed by atoms with van der Waals surface area (Å²) in [7, 11) is 3.54. The number of hydrogen-bond donors (Lipinski definition) is 0. The maximum absolute atomic E-state index is 12.5. The van der Waals surface area contributed by atoms with Gasteiger partial charge in [-0.05, 0) is 36.9 Å². The molecular weight excluding hydrogens is 372 g/mol. The number of anilines is 1. The number of carbonyl (C=O) groups excluding carboxylic acids is 1. The Labute approximate surface area is 159 Å². The summed E-state index contributed by atoms with van der Waals surface area (Å²) in [6.07, 6.45) is 0. The first-order valence-corrected chi connectivity index (χ1v) is 9.08. The van der Waals surface area contributed by atoms with Crippen molar-refractivity contribution in [2.45, 2.75) is 13.2 Å². The predicted octanol–water partition coefficient (Wildman–Crippen LogP) is 3.99. The van der Waals surface area contributed by atoms with Crippen molar-refractivity contribution in [3.05, 3.63) is 54.1 Å². The minimum atomic E-state index is -2.84. The van der Waals surface area contributed by atoms with Crippen molar-refractivity contribution in [1.82, 2.24) is 9.88 Å². The Bertz CT molecular complexity index is 882. The highest BCUT2D eigenvalue weighted by molar-refractivity contribution is 7.22. The molecule has 0 aliphatic carbocycles. The molecule has 27 heavy (non-hydrogen) atoms. The van der Waals surface area contributed by atoms with Crippen molar-refractivity contribution in [2.75, 3.05) is 25.5 Å². The van der Waals surface area contributed by atoms with Crippen molar-refractivity contribution in [3.8, 4) is 5.75 Å². The summed E-state index contributed by atoms with van der Waals surface area (Å²) in [6, 6.07) is 14.1. The van der Waals surface area contributed by atoms with Gasteiger partial charge >= 0.3 is 6.61 Å². The summed E-state index contributed by atoms with van der Waals surface area (Å²) in [5.41, 5.74) is 1.77. The lowest BCUT2D eigenvalue weighted by Gasteiger charge is -2.20. The van der Waals surface area contributed by atoms with Crippen LogP contribution in [0.1, 0.15) is 5.56 Å². The molecule has 3 rings (SSSR count). The van der Waals surface area contributed by atoms with Gasteiger partial charge in [0.15, 0.2) is 5.13 Å². The molecule has 1 heterocycles. The molecule has 0 aliphatic rings. The normalized spacial score (nSPS) is 11.3. The van der Waals surface area contributed by atoms with Gasteiger partial charge in [0.2, 0.25) is 5.91 Å². The molecular formula is C19H19F2N3O2S. The van der Waals surface area contributed by atoms with Crippen LogP contribution in [-0.2, 0) is 11.3 Å². The van der Waals surface area contributed by atoms with Gasteiger partial charge in [-0.2, -0.15) is 8.78 Å². The first-order chi connectivity index (χ1) is 12.9. The number of hydrogen-bond acceptors (Lipinski definition) is 5. The molecule has 0 unspecified atom stereocenters. The number of para-hydroxylation sites is 1. The van der Waals surface area contributed by atoms with Gasteiger partial charge in [-0.1, -0.05) is 35.6 Å². The van der Waals surface area contributed by atoms with E-state index < -0.39 is 6.61 Å². The fourth-order valence-electron chi connectivity index (χ4n) is 2.59. The van der Waals surface area contributed by atoms with E-state index in [4.69, 9.17) is 0 Å². The molecule has 0 aliphatic heterocycles. The average molecular weight is 391 g/mol. The number of likely N-dealkylation sites (N-methyl/N-ethyl adjacent to an activating group) is 2. The monoisotopic (exact) mass is 391 g/mol. The highest BCUT2D eigenvalue weighted by Crippen LogP contribution is 2.27. The topological polar surface area (TPSA) is 45.7 Å². The van der Waals surface area contributed by atoms with Crippen LogP contribution < -0.4 is 9.64 Å². The maximum Gasteiger partial charge on any atom is 0.387 e. The number of nitrogens with zero attached hydrogens (tertiary/aromatic N) is 3. The van der Waals surface area contributed by atoms with Crippen LogP contribution in [0, 0.1) is 0 Å². The Balaban J connectivity index is 1.58. The van der Waals surface area contributed by atoms with Crippen molar-refractivity contribution < 1.29 is 18.3 Å². The van der Waals surface area contributed by atoms with Gasteiger partial charge < -0.3 is 4.74 Å². The summed E-state index contributed by atoms with van der Waals surface area (Å²) < 4.78 is 29.7. The highest BCUT2D eigenvalue weighted by Gasteiger charge is 2.17. The molecule has 0 fully saturated rings. The van der Waals surface area contributed by atoms with E-state index in [-0.39, 0.29) is 18.2 Å². The number of benzene rings is 2. The number of rotatable bonds is 7. The molecule has 1 amide bonds. The van der Waals surface area contributed by atoms with E-state index in [2.05, 4.69) is 9.72 Å². The van der Waals surface area contributed by atoms with Crippen molar-refractivity contribution in [3.63, 3.8) is 0 Å². The molecule has 0 N–H and O–H groups in total. The fourth-order valence-corrected chi connectivity index (χ4v) is 3.54. The molecule has 3 aromatic rings. The van der Waals surface area contributed by atoms with Crippen molar-refractivity contribution in [1.29, 1.82) is 0 Å². The van der Waals surface area contributed by atoms with Gasteiger partial charge in [0, 0.05) is 13.6 Å². The number of fused-ring (bicyclic) bond motifs is 1. The number of ether oxygens (including phenoxy) is 1. The second kappa shape index (κ2) is 8.41. The van der Waals surface area contributed by atoms with E-state index in [0.29, 0.717) is 11.7 Å². The molecule has 0 saturated heterocycles. The van der Waals surface area contributed by atoms with Crippen LogP contribution in [0.25, 0.3) is 10.2 Å². The number of amides is 1. The van der Waals surface area contributed by atoms with Gasteiger partial charge in [-0.25, -0.2) is 4.98 Å². The number of thiazole rings is 1. The fraction of sp³-hybridized carbons (Fsp3) is 0.263. The van der Waals surface area contributed by atoms with Gasteiger partial charge in [-0.15, -0.1) is 0 Å². The Kier molecular flexibility index (Phi) is 5.98. The van der Waals surface area contributed by atoms with Gasteiger partial charge in [-0.3, -0.25) is 14.6 Å². The van der Waals surface area contributed by atoms with Gasteiger partial charge in [0.25, 0.3) is 0 Å². The van der Waals surface area contributed by atoms with Crippen LogP contribution in [-0.4, -0.2) is 43.0 Å². The van der Waals surface area contributed by atoms with E-state index >= 15 is 0 Å². The van der Waals surface area contributed by atoms with Crippen LogP contribution in [0.3, 0.4) is 0 Å². The zero-order chi connectivity index (χ0) is 19.4. The second-order valence-electron chi connectivity index (χ2n) is 6.11. The number of carbonyl (C=O) groups is 1. The Morgan fingerprint density at radius 3 is 2.52 bits per heavy atom. The Morgan fingerprint density at radius 1 is 1.15 bits per heavy atom. The first kappa shape index (κ1) is 19.2. The van der Waals surface area contributed by atoms with Crippen molar-refractivity contribution >= 4 is 32.6 Å². The van der Waals surface area contributed by atoms with Crippen LogP contribution in [0.15, 0.2) is 48.5 Å². The van der Waals surface area contributed by atoms with E-state index in [1.807, 2.05) is 36.2 Å². The largest absolute Gasteiger partial charge is 0.435 e. The van der Waals surface area contributed by atoms with Crippen LogP contribution in [0.5, 0.6) is 5.75 Å². The summed E-state index contributed by atoms with van der Waals surface area (Å²) in [6.45, 7) is -2.12. The standard InChI is InChI=1S/C19H19F2N3O2S/c1-23(11-13-7-9-14(10-8-13)26-18(20)21)12-17(25)24(2)19-22-15-5-3-4-6-16(15)27-19/h3-10,18H,11-12H2,1-2H3. The van der Waals surface area contributed by atoms with E-state index in [1.54, 1.807) is 24.1 Å². The Morgan fingerprint density at radius 2 is 1.85 bits per heavy atom. The number of alkyl halides is 2. The molecule has 5 nitrogen and oxygen atoms in total. The smallest absolute Gasteiger partial charge is 0.387 e. The van der Waals surface area contributed by atoms with Crippen LogP contribution >= 0.6 is 11.3 Å². The lowest BCUT2D eigenvalue weighted by atomic mass is 10.2. The zero-order valence-electron chi connectivity index (χ0n) is 14.9. The van der Waals surface area contributed by atoms with Gasteiger partial charge in [0.1, 0.15) is 5.75 Å². The molecule has 1 aromatic heterocycles. The summed E-state index contributed by atoms with van der Waals surface area (Å²) in [5, 5.41) is 0.656. The number of aromatic nitrogens is 1. The van der Waals surface area contributed by atoms with Crippen LogP contribution in [0.2, 0.25) is 0 Å². The van der Waals surface area contributed by atoms with Crippen molar-refractivity contribution in [2.24, 2.45) is 0 Å². The highest BCUT2D eigenvalue weighted by atomic mass is 32.1. The third kappa shape index (κ3) is 4.99. The summed E-state index contributed by atoms with van der Waals surface area (Å²) >= 11 is 1.47. The molecule has 0 bridgehead atoms. The quantitative estimate of drug-likeness (QED) is 0.611. The molecule has 0 radical (unpaired) electrons. The maximum atomic E-state index is 12.5. The molecule has 0 saturated carbocycles. The minimum absolute atomic E-state index is 0.0748. The average Bonchev–Trinajstić information content (AvgIpc) is 3.06. The van der Waals surface area contributed by atoms with Gasteiger partial charge in [0.05, 0.1) is 16.8 Å². The minimum Gasteiger partial charge on any atom is -0.435 e. The summed E-state index contributed by atoms with van der Waals surface area (Å²) in [5.74, 6) is 0.0391. The molecule has 2 aromatic carbocycles. The third-order valence-electron chi connectivity index (χ3n) is 3.95. The Hall–Kier alpha value is -2.58. The summed E-state index contributed by atoms with van der Waals surface area (Å²) in [4.78, 5) is 20.4. The lowest BCUT2D eigenvalue weighted by Crippen LogP contribution is -2.36. The van der Waals surface area contributed by atoms with E-state index in [1.165, 1.54) is 23.5 Å². The van der Waals surface area contributed by atoms with Crippen LogP contribution in [0.4, 0.5) is 13.9 Å². The molecule has 8 heteroatoms. The molecule has 142 valence electrons. The SMILES string of the molecule is CN(CC(=O)N(C)c1nc2ccccc2s1)Cc1ccc(OC(F)F)cc1. The predicted molar refractivity (Wildman–Crippen MR) is 102 cm³/mol. The molecule has 0 atom stereocenters. The first-order valence-electron chi connectivity index (χ1n) is 8.27. The zero-order valence-corrected chi connectivity index (χ0v) is 15.7. The van der Waals surface area contributed by atoms with E-state index in [0.717, 1.165) is 15.8 Å². The third-order valence-corrected chi connectivity index (χ3v) is 5.06. The number of halogens is 2. The second-order valence-corrected chi connectivity index (χ2v) is 7.12.